The summed E-state index contributed by atoms with van der Waals surface area (Å²) in [5, 5.41) is 6.52. The summed E-state index contributed by atoms with van der Waals surface area (Å²) >= 11 is 0. The lowest BCUT2D eigenvalue weighted by atomic mass is 9.91. The second kappa shape index (κ2) is 6.53. The average Bonchev–Trinajstić information content (AvgIpc) is 2.81. The van der Waals surface area contributed by atoms with Crippen molar-refractivity contribution in [3.63, 3.8) is 0 Å². The van der Waals surface area contributed by atoms with Crippen molar-refractivity contribution in [2.75, 3.05) is 32.7 Å². The molecule has 2 N–H and O–H groups in total. The predicted octanol–water partition coefficient (Wildman–Crippen LogP) is 0.833. The molecule has 0 aliphatic carbocycles. The van der Waals surface area contributed by atoms with E-state index in [0.29, 0.717) is 5.92 Å². The molecule has 2 aliphatic rings. The molecule has 0 aromatic carbocycles. The fraction of sp³-hybridized carbons (Fsp3) is 0.929. The molecule has 2 fully saturated rings. The molecule has 3 atom stereocenters. The molecule has 104 valence electrons. The first-order valence-corrected chi connectivity index (χ1v) is 7.38. The van der Waals surface area contributed by atoms with E-state index in [1.807, 2.05) is 0 Å². The van der Waals surface area contributed by atoms with Gasteiger partial charge in [-0.3, -0.25) is 4.79 Å². The predicted molar refractivity (Wildman–Crippen MR) is 73.4 cm³/mol. The van der Waals surface area contributed by atoms with Gasteiger partial charge in [-0.15, -0.1) is 0 Å². The molecule has 2 aliphatic heterocycles. The van der Waals surface area contributed by atoms with Crippen LogP contribution in [0.3, 0.4) is 0 Å². The Labute approximate surface area is 110 Å². The Morgan fingerprint density at radius 1 is 1.39 bits per heavy atom. The molecule has 2 saturated heterocycles. The van der Waals surface area contributed by atoms with Gasteiger partial charge in [-0.05, 0) is 51.7 Å². The maximum atomic E-state index is 12.2. The van der Waals surface area contributed by atoms with Crippen molar-refractivity contribution in [2.45, 2.75) is 39.2 Å². The van der Waals surface area contributed by atoms with Gasteiger partial charge < -0.3 is 15.5 Å². The highest BCUT2D eigenvalue weighted by Gasteiger charge is 2.26. The molecule has 2 rings (SSSR count). The zero-order valence-corrected chi connectivity index (χ0v) is 11.7. The molecule has 0 saturated carbocycles. The smallest absolute Gasteiger partial charge is 0.224 e. The number of likely N-dealkylation sites (tertiary alicyclic amines) is 1. The van der Waals surface area contributed by atoms with E-state index in [4.69, 9.17) is 0 Å². The van der Waals surface area contributed by atoms with Crippen LogP contribution in [0.15, 0.2) is 0 Å². The number of nitrogens with one attached hydrogen (secondary N) is 2. The summed E-state index contributed by atoms with van der Waals surface area (Å²) in [6, 6.07) is 0.271. The highest BCUT2D eigenvalue weighted by molar-refractivity contribution is 5.79. The van der Waals surface area contributed by atoms with Crippen LogP contribution in [0.5, 0.6) is 0 Å². The van der Waals surface area contributed by atoms with Crippen molar-refractivity contribution >= 4 is 5.91 Å². The first kappa shape index (κ1) is 13.8. The first-order valence-electron chi connectivity index (χ1n) is 7.38. The number of nitrogens with zero attached hydrogens (tertiary/aromatic N) is 1. The first-order chi connectivity index (χ1) is 8.65. The number of amides is 1. The minimum absolute atomic E-state index is 0.162. The standard InChI is InChI=1S/C14H27N3O/c1-11-7-13(9-15-8-11)14(18)16-12(2)10-17-5-3-4-6-17/h11-13,15H,3-10H2,1-2H3,(H,16,18). The van der Waals surface area contributed by atoms with E-state index >= 15 is 0 Å². The highest BCUT2D eigenvalue weighted by Crippen LogP contribution is 2.16. The summed E-state index contributed by atoms with van der Waals surface area (Å²) in [7, 11) is 0. The normalized spacial score (nSPS) is 31.2. The number of carbonyl (C=O) groups excluding carboxylic acids is 1. The maximum absolute atomic E-state index is 12.2. The van der Waals surface area contributed by atoms with Crippen molar-refractivity contribution in [1.29, 1.82) is 0 Å². The molecule has 1 amide bonds. The van der Waals surface area contributed by atoms with E-state index in [-0.39, 0.29) is 17.9 Å². The minimum atomic E-state index is 0.162. The third kappa shape index (κ3) is 3.95. The molecule has 4 heteroatoms. The van der Waals surface area contributed by atoms with Gasteiger partial charge in [0.2, 0.25) is 5.91 Å². The van der Waals surface area contributed by atoms with E-state index in [1.165, 1.54) is 25.9 Å². The molecule has 18 heavy (non-hydrogen) atoms. The second-order valence-corrected chi connectivity index (χ2v) is 6.11. The van der Waals surface area contributed by atoms with Crippen molar-refractivity contribution in [3.8, 4) is 0 Å². The topological polar surface area (TPSA) is 44.4 Å². The van der Waals surface area contributed by atoms with Gasteiger partial charge in [0.1, 0.15) is 0 Å². The van der Waals surface area contributed by atoms with Crippen LogP contribution >= 0.6 is 0 Å². The Kier molecular flexibility index (Phi) is 5.01. The number of hydrogen-bond donors (Lipinski definition) is 2. The Morgan fingerprint density at radius 3 is 2.78 bits per heavy atom. The van der Waals surface area contributed by atoms with Crippen LogP contribution < -0.4 is 10.6 Å². The molecule has 0 spiro atoms. The van der Waals surface area contributed by atoms with Gasteiger partial charge in [-0.25, -0.2) is 0 Å². The van der Waals surface area contributed by atoms with E-state index in [1.54, 1.807) is 0 Å². The Bertz CT molecular complexity index is 276. The lowest BCUT2D eigenvalue weighted by Gasteiger charge is -2.29. The van der Waals surface area contributed by atoms with E-state index in [9.17, 15) is 4.79 Å². The Hall–Kier alpha value is -0.610. The van der Waals surface area contributed by atoms with Crippen LogP contribution in [-0.2, 0) is 4.79 Å². The van der Waals surface area contributed by atoms with Crippen LogP contribution in [0, 0.1) is 11.8 Å². The molecule has 0 aromatic rings. The van der Waals surface area contributed by atoms with Gasteiger partial charge in [-0.2, -0.15) is 0 Å². The zero-order chi connectivity index (χ0) is 13.0. The van der Waals surface area contributed by atoms with Gasteiger partial charge >= 0.3 is 0 Å². The molecule has 2 heterocycles. The number of hydrogen-bond acceptors (Lipinski definition) is 3. The molecule has 4 nitrogen and oxygen atoms in total. The summed E-state index contributed by atoms with van der Waals surface area (Å²) in [5.74, 6) is 1.01. The summed E-state index contributed by atoms with van der Waals surface area (Å²) in [4.78, 5) is 14.6. The van der Waals surface area contributed by atoms with Crippen molar-refractivity contribution in [3.05, 3.63) is 0 Å². The zero-order valence-electron chi connectivity index (χ0n) is 11.7. The second-order valence-electron chi connectivity index (χ2n) is 6.11. The van der Waals surface area contributed by atoms with Crippen molar-refractivity contribution in [1.82, 2.24) is 15.5 Å². The SMILES string of the molecule is CC1CNCC(C(=O)NC(C)CN2CCCC2)C1. The molecular formula is C14H27N3O. The number of piperidine rings is 1. The third-order valence-corrected chi connectivity index (χ3v) is 4.06. The van der Waals surface area contributed by atoms with Gasteiger partial charge in [0.25, 0.3) is 0 Å². The molecule has 0 aromatic heterocycles. The van der Waals surface area contributed by atoms with Crippen LogP contribution in [0.2, 0.25) is 0 Å². The minimum Gasteiger partial charge on any atom is -0.352 e. The molecular weight excluding hydrogens is 226 g/mol. The highest BCUT2D eigenvalue weighted by atomic mass is 16.2. The average molecular weight is 253 g/mol. The number of carbonyl (C=O) groups is 1. The van der Waals surface area contributed by atoms with E-state index in [2.05, 4.69) is 29.4 Å². The van der Waals surface area contributed by atoms with Gasteiger partial charge in [0.05, 0.1) is 5.92 Å². The van der Waals surface area contributed by atoms with Crippen LogP contribution in [0.25, 0.3) is 0 Å². The Balaban J connectivity index is 1.72. The number of rotatable bonds is 4. The van der Waals surface area contributed by atoms with Crippen molar-refractivity contribution < 1.29 is 4.79 Å². The Morgan fingerprint density at radius 2 is 2.11 bits per heavy atom. The third-order valence-electron chi connectivity index (χ3n) is 4.06. The molecule has 0 bridgehead atoms. The summed E-state index contributed by atoms with van der Waals surface area (Å²) in [6.07, 6.45) is 3.64. The van der Waals surface area contributed by atoms with Crippen LogP contribution in [0.4, 0.5) is 0 Å². The fourth-order valence-corrected chi connectivity index (χ4v) is 3.11. The summed E-state index contributed by atoms with van der Waals surface area (Å²) in [6.45, 7) is 9.61. The quantitative estimate of drug-likeness (QED) is 0.780. The lowest BCUT2D eigenvalue weighted by molar-refractivity contribution is -0.126. The van der Waals surface area contributed by atoms with Crippen molar-refractivity contribution in [2.24, 2.45) is 11.8 Å². The monoisotopic (exact) mass is 253 g/mol. The largest absolute Gasteiger partial charge is 0.352 e. The molecule has 3 unspecified atom stereocenters. The van der Waals surface area contributed by atoms with E-state index in [0.717, 1.165) is 26.1 Å². The van der Waals surface area contributed by atoms with Gasteiger partial charge in [-0.1, -0.05) is 6.92 Å². The maximum Gasteiger partial charge on any atom is 0.224 e. The lowest BCUT2D eigenvalue weighted by Crippen LogP contribution is -2.48. The van der Waals surface area contributed by atoms with Gasteiger partial charge in [0.15, 0.2) is 0 Å². The summed E-state index contributed by atoms with van der Waals surface area (Å²) < 4.78 is 0. The molecule has 0 radical (unpaired) electrons. The van der Waals surface area contributed by atoms with Gasteiger partial charge in [0, 0.05) is 19.1 Å². The fourth-order valence-electron chi connectivity index (χ4n) is 3.11. The summed E-state index contributed by atoms with van der Waals surface area (Å²) in [5.41, 5.74) is 0. The van der Waals surface area contributed by atoms with E-state index < -0.39 is 0 Å². The van der Waals surface area contributed by atoms with Crippen LogP contribution in [0.1, 0.15) is 33.1 Å². The van der Waals surface area contributed by atoms with Crippen LogP contribution in [-0.4, -0.2) is 49.6 Å².